The van der Waals surface area contributed by atoms with Crippen LogP contribution in [0, 0.1) is 13.8 Å². The molecule has 2 aromatic carbocycles. The number of aryl methyl sites for hydroxylation is 2. The van der Waals surface area contributed by atoms with E-state index in [-0.39, 0.29) is 11.5 Å². The molecule has 0 spiro atoms. The van der Waals surface area contributed by atoms with Crippen LogP contribution >= 0.6 is 0 Å². The van der Waals surface area contributed by atoms with Gasteiger partial charge in [-0.1, -0.05) is 30.3 Å². The van der Waals surface area contributed by atoms with E-state index in [0.29, 0.717) is 24.3 Å². The number of aromatic nitrogens is 2. The van der Waals surface area contributed by atoms with Crippen molar-refractivity contribution in [2.45, 2.75) is 20.4 Å². The zero-order valence-corrected chi connectivity index (χ0v) is 17.4. The van der Waals surface area contributed by atoms with E-state index < -0.39 is 0 Å². The van der Waals surface area contributed by atoms with Crippen molar-refractivity contribution in [1.82, 2.24) is 19.8 Å². The molecule has 7 nitrogen and oxygen atoms in total. The van der Waals surface area contributed by atoms with Gasteiger partial charge in [0.25, 0.3) is 5.56 Å². The third kappa shape index (κ3) is 4.58. The largest absolute Gasteiger partial charge is 0.324 e. The Labute approximate surface area is 175 Å². The number of anilines is 1. The molecule has 1 aliphatic heterocycles. The predicted octanol–water partition coefficient (Wildman–Crippen LogP) is 2.30. The Morgan fingerprint density at radius 2 is 1.67 bits per heavy atom. The number of para-hydroxylation sites is 2. The monoisotopic (exact) mass is 405 g/mol. The molecule has 1 saturated heterocycles. The Morgan fingerprint density at radius 1 is 1.00 bits per heavy atom. The Hall–Kier alpha value is -3.03. The summed E-state index contributed by atoms with van der Waals surface area (Å²) >= 11 is 0. The van der Waals surface area contributed by atoms with Crippen LogP contribution in [-0.4, -0.2) is 58.4 Å². The number of carbonyl (C=O) groups is 1. The van der Waals surface area contributed by atoms with Crippen molar-refractivity contribution in [2.24, 2.45) is 0 Å². The quantitative estimate of drug-likeness (QED) is 0.681. The average Bonchev–Trinajstić information content (AvgIpc) is 2.72. The van der Waals surface area contributed by atoms with Gasteiger partial charge in [0.15, 0.2) is 0 Å². The molecule has 0 atom stereocenters. The number of benzene rings is 2. The summed E-state index contributed by atoms with van der Waals surface area (Å²) in [6.07, 6.45) is 0. The molecule has 2 heterocycles. The Morgan fingerprint density at radius 3 is 2.40 bits per heavy atom. The summed E-state index contributed by atoms with van der Waals surface area (Å²) in [4.78, 5) is 36.6. The average molecular weight is 406 g/mol. The molecule has 1 aliphatic rings. The zero-order chi connectivity index (χ0) is 21.1. The summed E-state index contributed by atoms with van der Waals surface area (Å²) in [5.74, 6) is 0.696. The molecule has 2 N–H and O–H groups in total. The maximum atomic E-state index is 12.5. The van der Waals surface area contributed by atoms with Crippen molar-refractivity contribution >= 4 is 22.5 Å². The minimum atomic E-state index is -0.0996. The minimum absolute atomic E-state index is 0.0152. The molecule has 0 radical (unpaired) electrons. The van der Waals surface area contributed by atoms with Crippen LogP contribution in [0.1, 0.15) is 17.0 Å². The summed E-state index contributed by atoms with van der Waals surface area (Å²) in [6.45, 7) is 8.25. The first-order chi connectivity index (χ1) is 14.5. The van der Waals surface area contributed by atoms with Crippen molar-refractivity contribution in [3.05, 3.63) is 69.8 Å². The van der Waals surface area contributed by atoms with Crippen LogP contribution in [0.15, 0.2) is 47.3 Å². The zero-order valence-electron chi connectivity index (χ0n) is 17.4. The van der Waals surface area contributed by atoms with Gasteiger partial charge in [-0.15, -0.1) is 0 Å². The van der Waals surface area contributed by atoms with Crippen molar-refractivity contribution in [2.75, 3.05) is 38.0 Å². The smallest absolute Gasteiger partial charge is 0.258 e. The molecule has 0 saturated carbocycles. The number of carbonyl (C=O) groups excluding carboxylic acids is 1. The first-order valence-electron chi connectivity index (χ1n) is 10.3. The maximum absolute atomic E-state index is 12.5. The third-order valence-electron chi connectivity index (χ3n) is 5.61. The molecule has 30 heavy (non-hydrogen) atoms. The number of nitrogens with zero attached hydrogens (tertiary/aromatic N) is 3. The molecule has 0 bridgehead atoms. The molecule has 3 aromatic rings. The minimum Gasteiger partial charge on any atom is -0.324 e. The van der Waals surface area contributed by atoms with Crippen molar-refractivity contribution in [1.29, 1.82) is 0 Å². The lowest BCUT2D eigenvalue weighted by Crippen LogP contribution is -2.48. The molecule has 156 valence electrons. The number of rotatable bonds is 5. The lowest BCUT2D eigenvalue weighted by atomic mass is 10.1. The molecule has 4 rings (SSSR count). The SMILES string of the molecule is Cc1cccc(C)c1NC(=O)CN1CCN(Cc2nc3ccccc3c(=O)[nH]2)CC1. The predicted molar refractivity (Wildman–Crippen MR) is 119 cm³/mol. The molecule has 1 fully saturated rings. The van der Waals surface area contributed by atoms with Crippen LogP contribution in [-0.2, 0) is 11.3 Å². The number of nitrogens with one attached hydrogen (secondary N) is 2. The van der Waals surface area contributed by atoms with Gasteiger partial charge in [0.2, 0.25) is 5.91 Å². The summed E-state index contributed by atoms with van der Waals surface area (Å²) in [7, 11) is 0. The van der Waals surface area contributed by atoms with Crippen LogP contribution in [0.25, 0.3) is 10.9 Å². The van der Waals surface area contributed by atoms with Crippen LogP contribution in [0.5, 0.6) is 0 Å². The second kappa shape index (κ2) is 8.77. The number of H-pyrrole nitrogens is 1. The van der Waals surface area contributed by atoms with Gasteiger partial charge < -0.3 is 10.3 Å². The first kappa shape index (κ1) is 20.3. The number of amides is 1. The number of piperazine rings is 1. The van der Waals surface area contributed by atoms with Crippen molar-refractivity contribution < 1.29 is 4.79 Å². The summed E-state index contributed by atoms with van der Waals surface area (Å²) in [6, 6.07) is 13.4. The number of hydrogen-bond donors (Lipinski definition) is 2. The summed E-state index contributed by atoms with van der Waals surface area (Å²) in [5, 5.41) is 3.67. The molecule has 0 aliphatic carbocycles. The van der Waals surface area contributed by atoms with Gasteiger partial charge in [-0.25, -0.2) is 4.98 Å². The molecule has 1 aromatic heterocycles. The fourth-order valence-electron chi connectivity index (χ4n) is 3.92. The van der Waals surface area contributed by atoms with Crippen molar-refractivity contribution in [3.8, 4) is 0 Å². The van der Waals surface area contributed by atoms with Gasteiger partial charge in [0.1, 0.15) is 5.82 Å². The van der Waals surface area contributed by atoms with Crippen LogP contribution in [0.3, 0.4) is 0 Å². The summed E-state index contributed by atoms with van der Waals surface area (Å²) in [5.41, 5.74) is 3.68. The van der Waals surface area contributed by atoms with E-state index in [0.717, 1.165) is 48.5 Å². The highest BCUT2D eigenvalue weighted by atomic mass is 16.2. The topological polar surface area (TPSA) is 81.3 Å². The lowest BCUT2D eigenvalue weighted by Gasteiger charge is -2.34. The van der Waals surface area contributed by atoms with Crippen LogP contribution in [0.2, 0.25) is 0 Å². The standard InChI is InChI=1S/C23H27N5O2/c1-16-6-5-7-17(2)22(16)26-21(29)15-28-12-10-27(11-13-28)14-20-24-19-9-4-3-8-18(19)23(30)25-20/h3-9H,10-15H2,1-2H3,(H,26,29)(H,24,25,30). The normalized spacial score (nSPS) is 15.4. The van der Waals surface area contributed by atoms with E-state index in [2.05, 4.69) is 25.1 Å². The maximum Gasteiger partial charge on any atom is 0.258 e. The van der Waals surface area contributed by atoms with Gasteiger partial charge >= 0.3 is 0 Å². The Balaban J connectivity index is 1.31. The Bertz CT molecular complexity index is 1100. The molecule has 0 unspecified atom stereocenters. The highest BCUT2D eigenvalue weighted by molar-refractivity contribution is 5.93. The first-order valence-corrected chi connectivity index (χ1v) is 10.3. The fraction of sp³-hybridized carbons (Fsp3) is 0.348. The van der Waals surface area contributed by atoms with Crippen molar-refractivity contribution in [3.63, 3.8) is 0 Å². The van der Waals surface area contributed by atoms with Gasteiger partial charge in [0, 0.05) is 31.9 Å². The van der Waals surface area contributed by atoms with Crippen LogP contribution in [0.4, 0.5) is 5.69 Å². The number of hydrogen-bond acceptors (Lipinski definition) is 5. The summed E-state index contributed by atoms with van der Waals surface area (Å²) < 4.78 is 0. The number of fused-ring (bicyclic) bond motifs is 1. The van der Waals surface area contributed by atoms with E-state index >= 15 is 0 Å². The molecule has 1 amide bonds. The van der Waals surface area contributed by atoms with E-state index in [1.165, 1.54) is 0 Å². The fourth-order valence-corrected chi connectivity index (χ4v) is 3.92. The highest BCUT2D eigenvalue weighted by Gasteiger charge is 2.20. The van der Waals surface area contributed by atoms with E-state index in [1.54, 1.807) is 6.07 Å². The van der Waals surface area contributed by atoms with Gasteiger partial charge in [0.05, 0.1) is 24.0 Å². The van der Waals surface area contributed by atoms with Crippen LogP contribution < -0.4 is 10.9 Å². The van der Waals surface area contributed by atoms with E-state index in [1.807, 2.05) is 50.2 Å². The Kier molecular flexibility index (Phi) is 5.92. The highest BCUT2D eigenvalue weighted by Crippen LogP contribution is 2.19. The van der Waals surface area contributed by atoms with Gasteiger partial charge in [-0.05, 0) is 37.1 Å². The van der Waals surface area contributed by atoms with E-state index in [9.17, 15) is 9.59 Å². The number of aromatic amines is 1. The molecular formula is C23H27N5O2. The molecular weight excluding hydrogens is 378 g/mol. The second-order valence-electron chi connectivity index (χ2n) is 7.90. The van der Waals surface area contributed by atoms with E-state index in [4.69, 9.17) is 0 Å². The van der Waals surface area contributed by atoms with Gasteiger partial charge in [-0.3, -0.25) is 19.4 Å². The second-order valence-corrected chi connectivity index (χ2v) is 7.90. The lowest BCUT2D eigenvalue weighted by molar-refractivity contribution is -0.117. The third-order valence-corrected chi connectivity index (χ3v) is 5.61. The molecule has 7 heteroatoms. The van der Waals surface area contributed by atoms with Gasteiger partial charge in [-0.2, -0.15) is 0 Å².